The molecule has 0 N–H and O–H groups in total. The summed E-state index contributed by atoms with van der Waals surface area (Å²) in [5.41, 5.74) is -2.26. The molecule has 1 saturated heterocycles. The van der Waals surface area contributed by atoms with Gasteiger partial charge in [-0.15, -0.1) is 0 Å². The van der Waals surface area contributed by atoms with Crippen molar-refractivity contribution in [2.75, 3.05) is 0 Å². The van der Waals surface area contributed by atoms with Gasteiger partial charge < -0.3 is 13.9 Å². The number of hydrogen-bond donors (Lipinski definition) is 0. The van der Waals surface area contributed by atoms with Gasteiger partial charge in [0, 0.05) is 0 Å². The first-order valence-corrected chi connectivity index (χ1v) is 14.5. The number of ether oxygens (including phenoxy) is 2. The molecule has 6 heteroatoms. The fourth-order valence-electron chi connectivity index (χ4n) is 4.96. The number of hydrogen-bond acceptors (Lipinski definition) is 5. The molecular weight excluding hydrogens is 432 g/mol. The summed E-state index contributed by atoms with van der Waals surface area (Å²) in [6.07, 6.45) is 1.00. The molecule has 1 saturated carbocycles. The molecule has 1 heterocycles. The van der Waals surface area contributed by atoms with Crippen molar-refractivity contribution in [1.82, 2.24) is 0 Å². The third-order valence-corrected chi connectivity index (χ3v) is 12.4. The van der Waals surface area contributed by atoms with Gasteiger partial charge in [-0.3, -0.25) is 4.79 Å². The van der Waals surface area contributed by atoms with Crippen molar-refractivity contribution in [3.8, 4) is 0 Å². The van der Waals surface area contributed by atoms with Crippen LogP contribution in [0.5, 0.6) is 0 Å². The Morgan fingerprint density at radius 3 is 2.12 bits per heavy atom. The third kappa shape index (κ3) is 3.37. The molecule has 33 heavy (non-hydrogen) atoms. The molecule has 2 aliphatic rings. The third-order valence-electron chi connectivity index (χ3n) is 8.00. The van der Waals surface area contributed by atoms with Crippen LogP contribution in [0.3, 0.4) is 0 Å². The Bertz CT molecular complexity index is 1050. The van der Waals surface area contributed by atoms with Gasteiger partial charge in [0.05, 0.1) is 0 Å². The van der Waals surface area contributed by atoms with Crippen molar-refractivity contribution in [3.63, 3.8) is 0 Å². The van der Waals surface area contributed by atoms with E-state index in [-0.39, 0.29) is 11.6 Å². The van der Waals surface area contributed by atoms with Gasteiger partial charge in [0.25, 0.3) is 0 Å². The van der Waals surface area contributed by atoms with Gasteiger partial charge in [0.15, 0.2) is 13.9 Å². The highest BCUT2D eigenvalue weighted by Gasteiger charge is 2.83. The molecule has 0 aromatic heterocycles. The minimum absolute atomic E-state index is 0.109. The minimum atomic E-state index is -2.55. The highest BCUT2D eigenvalue weighted by molar-refractivity contribution is 6.74. The molecule has 0 unspecified atom stereocenters. The quantitative estimate of drug-likeness (QED) is 0.401. The van der Waals surface area contributed by atoms with Crippen molar-refractivity contribution in [3.05, 3.63) is 71.8 Å². The second-order valence-electron chi connectivity index (χ2n) is 11.0. The van der Waals surface area contributed by atoms with E-state index < -0.39 is 36.9 Å². The Labute approximate surface area is 197 Å². The normalized spacial score (nSPS) is 29.1. The summed E-state index contributed by atoms with van der Waals surface area (Å²) in [5.74, 6) is -0.918. The fraction of sp³-hybridized carbons (Fsp3) is 0.481. The van der Waals surface area contributed by atoms with Crippen molar-refractivity contribution in [1.29, 1.82) is 0 Å². The summed E-state index contributed by atoms with van der Waals surface area (Å²) in [4.78, 5) is 27.5. The van der Waals surface area contributed by atoms with E-state index in [1.54, 1.807) is 0 Å². The average Bonchev–Trinajstić information content (AvgIpc) is 3.13. The van der Waals surface area contributed by atoms with E-state index in [0.29, 0.717) is 12.8 Å². The Morgan fingerprint density at radius 2 is 1.58 bits per heavy atom. The lowest BCUT2D eigenvalue weighted by Gasteiger charge is -2.48. The van der Waals surface area contributed by atoms with Crippen LogP contribution >= 0.6 is 0 Å². The Morgan fingerprint density at radius 1 is 1.00 bits per heavy atom. The van der Waals surface area contributed by atoms with Crippen LogP contribution in [-0.2, 0) is 35.7 Å². The molecule has 1 aliphatic carbocycles. The Kier molecular flexibility index (Phi) is 5.61. The van der Waals surface area contributed by atoms with Crippen LogP contribution in [0.4, 0.5) is 0 Å². The molecule has 0 radical (unpaired) electrons. The van der Waals surface area contributed by atoms with Crippen LogP contribution < -0.4 is 0 Å². The number of carbonyl (C=O) groups is 2. The van der Waals surface area contributed by atoms with Gasteiger partial charge in [-0.05, 0) is 49.0 Å². The molecule has 1 aliphatic heterocycles. The molecule has 2 fully saturated rings. The summed E-state index contributed by atoms with van der Waals surface area (Å²) < 4.78 is 19.1. The standard InChI is InChI=1S/C27H34O5Si/c1-24(2,3)33(5,6)32-27(23(29)30-19-20-13-9-7-10-14-20)25(4)17-18-26(27,31-22(25)28)21-15-11-8-12-16-21/h7-16H,17-19H2,1-6H3/t25-,26+,27+/m1/s1. The number of esters is 2. The molecule has 176 valence electrons. The Hall–Kier alpha value is -2.44. The van der Waals surface area contributed by atoms with Gasteiger partial charge in [0.2, 0.25) is 5.60 Å². The van der Waals surface area contributed by atoms with E-state index in [0.717, 1.165) is 11.1 Å². The summed E-state index contributed by atoms with van der Waals surface area (Å²) in [7, 11) is -2.55. The SMILES string of the molecule is CC(C)(C)[Si](C)(C)O[C@]1(C(=O)OCc2ccccc2)[C@@]2(c3ccccc3)CC[C@]1(C)C(=O)O2. The lowest BCUT2D eigenvalue weighted by atomic mass is 9.71. The minimum Gasteiger partial charge on any atom is -0.459 e. The maximum Gasteiger partial charge on any atom is 0.343 e. The molecule has 2 aromatic carbocycles. The average molecular weight is 467 g/mol. The molecule has 0 spiro atoms. The first-order valence-electron chi connectivity index (χ1n) is 11.6. The number of rotatable bonds is 6. The second kappa shape index (κ2) is 7.81. The summed E-state index contributed by atoms with van der Waals surface area (Å²) >= 11 is 0. The number of fused-ring (bicyclic) bond motifs is 2. The van der Waals surface area contributed by atoms with Crippen LogP contribution in [0.2, 0.25) is 18.1 Å². The molecule has 2 bridgehead atoms. The smallest absolute Gasteiger partial charge is 0.343 e. The fourth-order valence-corrected chi connectivity index (χ4v) is 6.51. The van der Waals surface area contributed by atoms with E-state index in [1.807, 2.05) is 67.6 Å². The molecule has 4 rings (SSSR count). The van der Waals surface area contributed by atoms with Crippen LogP contribution in [0.25, 0.3) is 0 Å². The first-order chi connectivity index (χ1) is 15.4. The van der Waals surface area contributed by atoms with Gasteiger partial charge >= 0.3 is 11.9 Å². The molecule has 3 atom stereocenters. The van der Waals surface area contributed by atoms with E-state index in [9.17, 15) is 9.59 Å². The summed E-state index contributed by atoms with van der Waals surface area (Å²) in [6.45, 7) is 12.5. The van der Waals surface area contributed by atoms with Gasteiger partial charge in [-0.1, -0.05) is 81.4 Å². The van der Waals surface area contributed by atoms with Crippen LogP contribution in [-0.4, -0.2) is 25.9 Å². The number of benzene rings is 2. The Balaban J connectivity index is 1.87. The van der Waals surface area contributed by atoms with Crippen molar-refractivity contribution in [2.24, 2.45) is 5.41 Å². The lowest BCUT2D eigenvalue weighted by molar-refractivity contribution is -0.187. The monoisotopic (exact) mass is 466 g/mol. The predicted molar refractivity (Wildman–Crippen MR) is 129 cm³/mol. The van der Waals surface area contributed by atoms with E-state index in [1.165, 1.54) is 0 Å². The van der Waals surface area contributed by atoms with Crippen LogP contribution in [0.15, 0.2) is 60.7 Å². The molecule has 2 aromatic rings. The van der Waals surface area contributed by atoms with E-state index in [4.69, 9.17) is 13.9 Å². The zero-order valence-electron chi connectivity index (χ0n) is 20.4. The zero-order valence-corrected chi connectivity index (χ0v) is 21.4. The van der Waals surface area contributed by atoms with Gasteiger partial charge in [-0.25, -0.2) is 4.79 Å². The largest absolute Gasteiger partial charge is 0.459 e. The maximum atomic E-state index is 14.2. The van der Waals surface area contributed by atoms with Crippen molar-refractivity contribution >= 4 is 20.3 Å². The number of carbonyl (C=O) groups excluding carboxylic acids is 2. The summed E-state index contributed by atoms with van der Waals surface area (Å²) in [5, 5.41) is -0.182. The van der Waals surface area contributed by atoms with Crippen molar-refractivity contribution in [2.45, 2.75) is 76.5 Å². The molecule has 0 amide bonds. The van der Waals surface area contributed by atoms with Crippen molar-refractivity contribution < 1.29 is 23.5 Å². The summed E-state index contributed by atoms with van der Waals surface area (Å²) in [6, 6.07) is 19.1. The van der Waals surface area contributed by atoms with Gasteiger partial charge in [0.1, 0.15) is 12.0 Å². The van der Waals surface area contributed by atoms with Crippen LogP contribution in [0, 0.1) is 5.41 Å². The second-order valence-corrected chi connectivity index (χ2v) is 15.7. The van der Waals surface area contributed by atoms with E-state index in [2.05, 4.69) is 33.9 Å². The molecular formula is C27H34O5Si. The van der Waals surface area contributed by atoms with Crippen LogP contribution in [0.1, 0.15) is 51.7 Å². The topological polar surface area (TPSA) is 61.8 Å². The molecule has 5 nitrogen and oxygen atoms in total. The highest BCUT2D eigenvalue weighted by atomic mass is 28.4. The highest BCUT2D eigenvalue weighted by Crippen LogP contribution is 2.68. The first kappa shape index (κ1) is 23.7. The van der Waals surface area contributed by atoms with E-state index >= 15 is 0 Å². The predicted octanol–water partition coefficient (Wildman–Crippen LogP) is 5.74. The maximum absolute atomic E-state index is 14.2. The zero-order chi connectivity index (χ0) is 24.1. The van der Waals surface area contributed by atoms with Gasteiger partial charge in [-0.2, -0.15) is 0 Å². The lowest BCUT2D eigenvalue weighted by Crippen LogP contribution is -2.65.